The zero-order valence-electron chi connectivity index (χ0n) is 16.3. The van der Waals surface area contributed by atoms with Gasteiger partial charge in [-0.05, 0) is 48.8 Å². The van der Waals surface area contributed by atoms with Crippen molar-refractivity contribution in [1.82, 2.24) is 14.6 Å². The van der Waals surface area contributed by atoms with Crippen molar-refractivity contribution < 1.29 is 13.2 Å². The molecule has 4 rings (SSSR count). The molecular weight excluding hydrogens is 408 g/mol. The fourth-order valence-electron chi connectivity index (χ4n) is 3.90. The first-order valence-corrected chi connectivity index (χ1v) is 12.4. The van der Waals surface area contributed by atoms with E-state index in [-0.39, 0.29) is 18.4 Å². The highest BCUT2D eigenvalue weighted by atomic mass is 32.2. The van der Waals surface area contributed by atoms with Crippen molar-refractivity contribution in [2.75, 3.05) is 31.1 Å². The number of amides is 1. The van der Waals surface area contributed by atoms with E-state index in [1.165, 1.54) is 28.5 Å². The molecule has 0 saturated carbocycles. The molecule has 9 heteroatoms. The van der Waals surface area contributed by atoms with Gasteiger partial charge >= 0.3 is 0 Å². The molecule has 0 aromatic carbocycles. The van der Waals surface area contributed by atoms with Crippen LogP contribution in [0.1, 0.15) is 31.2 Å². The van der Waals surface area contributed by atoms with Crippen LogP contribution in [-0.2, 0) is 21.4 Å². The van der Waals surface area contributed by atoms with Crippen LogP contribution < -0.4 is 10.2 Å². The van der Waals surface area contributed by atoms with Crippen LogP contribution in [0.15, 0.2) is 40.1 Å². The van der Waals surface area contributed by atoms with E-state index in [4.69, 9.17) is 0 Å². The Hall–Kier alpha value is -1.97. The van der Waals surface area contributed by atoms with Gasteiger partial charge in [0, 0.05) is 38.9 Å². The summed E-state index contributed by atoms with van der Waals surface area (Å²) in [6, 6.07) is 7.34. The zero-order valence-corrected chi connectivity index (χ0v) is 17.9. The summed E-state index contributed by atoms with van der Waals surface area (Å²) in [6.07, 6.45) is 5.62. The number of pyridine rings is 1. The number of sulfonamides is 1. The van der Waals surface area contributed by atoms with Gasteiger partial charge in [-0.25, -0.2) is 13.4 Å². The monoisotopic (exact) mass is 434 g/mol. The summed E-state index contributed by atoms with van der Waals surface area (Å²) in [5.74, 6) is 0.564. The lowest BCUT2D eigenvalue weighted by Gasteiger charge is -2.30. The molecule has 1 N–H and O–H groups in total. The van der Waals surface area contributed by atoms with Gasteiger partial charge in [0.1, 0.15) is 10.0 Å². The topological polar surface area (TPSA) is 82.6 Å². The molecule has 29 heavy (non-hydrogen) atoms. The third-order valence-corrected chi connectivity index (χ3v) is 8.79. The molecule has 4 heterocycles. The molecular formula is C20H26N4O3S2. The van der Waals surface area contributed by atoms with Crippen molar-refractivity contribution in [2.24, 2.45) is 5.92 Å². The third kappa shape index (κ3) is 4.62. The number of anilines is 1. The van der Waals surface area contributed by atoms with E-state index < -0.39 is 10.0 Å². The van der Waals surface area contributed by atoms with E-state index in [0.717, 1.165) is 24.5 Å². The molecule has 0 radical (unpaired) electrons. The minimum atomic E-state index is -3.51. The van der Waals surface area contributed by atoms with Crippen LogP contribution >= 0.6 is 11.3 Å². The second kappa shape index (κ2) is 8.81. The Balaban J connectivity index is 1.32. The molecule has 1 unspecified atom stereocenters. The van der Waals surface area contributed by atoms with E-state index >= 15 is 0 Å². The summed E-state index contributed by atoms with van der Waals surface area (Å²) in [7, 11) is -3.51. The number of hydrogen-bond acceptors (Lipinski definition) is 6. The van der Waals surface area contributed by atoms with Gasteiger partial charge in [-0.3, -0.25) is 4.79 Å². The quantitative estimate of drug-likeness (QED) is 0.755. The number of aromatic nitrogens is 1. The first kappa shape index (κ1) is 20.3. The number of carbonyl (C=O) groups is 1. The molecule has 0 spiro atoms. The van der Waals surface area contributed by atoms with Crippen LogP contribution in [0.3, 0.4) is 0 Å². The van der Waals surface area contributed by atoms with Gasteiger partial charge in [0.05, 0.1) is 5.92 Å². The Morgan fingerprint density at radius 3 is 2.69 bits per heavy atom. The lowest BCUT2D eigenvalue weighted by molar-refractivity contribution is -0.126. The van der Waals surface area contributed by atoms with E-state index in [2.05, 4.69) is 15.2 Å². The summed E-state index contributed by atoms with van der Waals surface area (Å²) < 4.78 is 27.2. The second-order valence-corrected chi connectivity index (χ2v) is 10.7. The highest BCUT2D eigenvalue weighted by molar-refractivity contribution is 7.91. The maximum Gasteiger partial charge on any atom is 0.252 e. The lowest BCUT2D eigenvalue weighted by Crippen LogP contribution is -2.45. The Bertz CT molecular complexity index is 923. The zero-order chi connectivity index (χ0) is 20.3. The van der Waals surface area contributed by atoms with Crippen molar-refractivity contribution in [3.8, 4) is 0 Å². The Morgan fingerprint density at radius 2 is 2.00 bits per heavy atom. The number of hydrogen-bond donors (Lipinski definition) is 1. The highest BCUT2D eigenvalue weighted by Crippen LogP contribution is 2.26. The van der Waals surface area contributed by atoms with Crippen LogP contribution in [0.5, 0.6) is 0 Å². The molecule has 0 aliphatic carbocycles. The summed E-state index contributed by atoms with van der Waals surface area (Å²) in [4.78, 5) is 19.4. The van der Waals surface area contributed by atoms with Gasteiger partial charge < -0.3 is 10.2 Å². The Labute approximate surface area is 175 Å². The summed E-state index contributed by atoms with van der Waals surface area (Å²) in [5, 5.41) is 4.71. The molecule has 2 aromatic rings. The molecule has 0 bridgehead atoms. The van der Waals surface area contributed by atoms with Gasteiger partial charge in [-0.15, -0.1) is 11.3 Å². The average Bonchev–Trinajstić information content (AvgIpc) is 3.47. The van der Waals surface area contributed by atoms with Crippen LogP contribution in [0.4, 0.5) is 5.82 Å². The first-order valence-electron chi connectivity index (χ1n) is 10.1. The molecule has 1 amide bonds. The first-order chi connectivity index (χ1) is 14.0. The number of piperidine rings is 1. The molecule has 7 nitrogen and oxygen atoms in total. The molecule has 156 valence electrons. The van der Waals surface area contributed by atoms with E-state index in [1.54, 1.807) is 17.5 Å². The number of nitrogens with zero attached hydrogens (tertiary/aromatic N) is 3. The lowest BCUT2D eigenvalue weighted by atomic mass is 9.99. The van der Waals surface area contributed by atoms with E-state index in [9.17, 15) is 13.2 Å². The number of nitrogens with one attached hydrogen (secondary N) is 1. The van der Waals surface area contributed by atoms with Gasteiger partial charge in [0.25, 0.3) is 10.0 Å². The normalized spacial score (nSPS) is 20.7. The van der Waals surface area contributed by atoms with Crippen molar-refractivity contribution in [3.63, 3.8) is 0 Å². The Morgan fingerprint density at radius 1 is 1.17 bits per heavy atom. The largest absolute Gasteiger partial charge is 0.357 e. The molecule has 2 aliphatic rings. The molecule has 2 aliphatic heterocycles. The van der Waals surface area contributed by atoms with Crippen molar-refractivity contribution >= 4 is 33.1 Å². The second-order valence-electron chi connectivity index (χ2n) is 7.57. The predicted octanol–water partition coefficient (Wildman–Crippen LogP) is 2.46. The molecule has 1 atom stereocenters. The van der Waals surface area contributed by atoms with Crippen LogP contribution in [0.25, 0.3) is 0 Å². The maximum absolute atomic E-state index is 12.7. The fraction of sp³-hybridized carbons (Fsp3) is 0.500. The van der Waals surface area contributed by atoms with E-state index in [0.29, 0.717) is 30.1 Å². The van der Waals surface area contributed by atoms with E-state index in [1.807, 2.05) is 18.3 Å². The third-order valence-electron chi connectivity index (χ3n) is 5.55. The van der Waals surface area contributed by atoms with Crippen LogP contribution in [0, 0.1) is 5.92 Å². The minimum Gasteiger partial charge on any atom is -0.357 e. The van der Waals surface area contributed by atoms with Gasteiger partial charge in [-0.2, -0.15) is 4.31 Å². The molecule has 2 saturated heterocycles. The number of carbonyl (C=O) groups excluding carboxylic acids is 1. The number of thiophene rings is 1. The summed E-state index contributed by atoms with van der Waals surface area (Å²) in [5.41, 5.74) is 0.945. The number of rotatable bonds is 6. The SMILES string of the molecule is O=C(NCc1ccc(N2CCCC2)nc1)C1CCCN(S(=O)(=O)c2cccs2)C1. The summed E-state index contributed by atoms with van der Waals surface area (Å²) >= 11 is 1.21. The van der Waals surface area contributed by atoms with Crippen LogP contribution in [-0.4, -0.2) is 49.8 Å². The smallest absolute Gasteiger partial charge is 0.252 e. The van der Waals surface area contributed by atoms with Crippen LogP contribution in [0.2, 0.25) is 0 Å². The Kier molecular flexibility index (Phi) is 6.17. The maximum atomic E-state index is 12.7. The van der Waals surface area contributed by atoms with Gasteiger partial charge in [0.2, 0.25) is 5.91 Å². The fourth-order valence-corrected chi connectivity index (χ4v) is 6.57. The summed E-state index contributed by atoms with van der Waals surface area (Å²) in [6.45, 7) is 3.20. The predicted molar refractivity (Wildman–Crippen MR) is 113 cm³/mol. The molecule has 2 aromatic heterocycles. The van der Waals surface area contributed by atoms with Crippen molar-refractivity contribution in [2.45, 2.75) is 36.4 Å². The molecule has 2 fully saturated rings. The average molecular weight is 435 g/mol. The van der Waals surface area contributed by atoms with Gasteiger partial charge in [-0.1, -0.05) is 12.1 Å². The minimum absolute atomic E-state index is 0.0975. The standard InChI is InChI=1S/C20H26N4O3S2/c25-20(22-14-16-7-8-18(21-13-16)23-9-1-2-10-23)17-5-3-11-24(15-17)29(26,27)19-6-4-12-28-19/h4,6-8,12-13,17H,1-3,5,9-11,14-15H2,(H,22,25). The van der Waals surface area contributed by atoms with Crippen molar-refractivity contribution in [1.29, 1.82) is 0 Å². The highest BCUT2D eigenvalue weighted by Gasteiger charge is 2.33. The van der Waals surface area contributed by atoms with Gasteiger partial charge in [0.15, 0.2) is 0 Å². The van der Waals surface area contributed by atoms with Crippen molar-refractivity contribution in [3.05, 3.63) is 41.4 Å².